The van der Waals surface area contributed by atoms with E-state index in [-0.39, 0.29) is 19.1 Å². The summed E-state index contributed by atoms with van der Waals surface area (Å²) in [4.78, 5) is 23.3. The second-order valence-corrected chi connectivity index (χ2v) is 24.6. The molecule has 8 nitrogen and oxygen atoms in total. The molecule has 0 heterocycles. The molecule has 0 aromatic rings. The SMILES string of the molecule is CCCCCCCCCCCCCCC/C=C/C(O)C(COP(=O)(O)OCC[N+](C)(C)C)NC(=O)CCCCCCCCCCCCCCCCCCC/C=C\CCCCCCCCCCCCCCCC. The molecule has 3 N–H and O–H groups in total. The molecule has 0 aromatic carbocycles. The van der Waals surface area contributed by atoms with Crippen molar-refractivity contribution in [3.63, 3.8) is 0 Å². The number of aliphatic hydroxyl groups excluding tert-OH is 1. The van der Waals surface area contributed by atoms with E-state index in [4.69, 9.17) is 9.05 Å². The summed E-state index contributed by atoms with van der Waals surface area (Å²) in [6.45, 7) is 4.86. The fourth-order valence-corrected chi connectivity index (χ4v) is 10.4. The largest absolute Gasteiger partial charge is 0.472 e. The quantitative estimate of drug-likeness (QED) is 0.0243. The van der Waals surface area contributed by atoms with Crippen molar-refractivity contribution < 1.29 is 32.9 Å². The number of likely N-dealkylation sites (N-methyl/N-ethyl adjacent to an activating group) is 1. The number of nitrogens with one attached hydrogen (secondary N) is 1. The Hall–Kier alpha value is -1.02. The van der Waals surface area contributed by atoms with Crippen molar-refractivity contribution in [1.82, 2.24) is 5.32 Å². The van der Waals surface area contributed by atoms with Gasteiger partial charge in [0.1, 0.15) is 13.2 Å². The van der Waals surface area contributed by atoms with Crippen LogP contribution in [0, 0.1) is 0 Å². The first-order valence-corrected chi connectivity index (χ1v) is 33.2. The Bertz CT molecular complexity index is 1220. The van der Waals surface area contributed by atoms with Crippen LogP contribution in [0.3, 0.4) is 0 Å². The zero-order valence-electron chi connectivity index (χ0n) is 48.9. The number of carbonyl (C=O) groups is 1. The van der Waals surface area contributed by atoms with Crippen LogP contribution in [0.15, 0.2) is 24.3 Å². The Balaban J connectivity index is 3.96. The van der Waals surface area contributed by atoms with Crippen molar-refractivity contribution in [1.29, 1.82) is 0 Å². The molecule has 0 aliphatic carbocycles. The molecule has 0 bridgehead atoms. The smallest absolute Gasteiger partial charge is 0.387 e. The van der Waals surface area contributed by atoms with Gasteiger partial charge in [-0.25, -0.2) is 4.57 Å². The molecule has 3 unspecified atom stereocenters. The predicted octanol–water partition coefficient (Wildman–Crippen LogP) is 19.5. The minimum Gasteiger partial charge on any atom is -0.387 e. The van der Waals surface area contributed by atoms with Gasteiger partial charge in [-0.1, -0.05) is 295 Å². The van der Waals surface area contributed by atoms with E-state index < -0.39 is 20.0 Å². The Labute approximate surface area is 449 Å². The molecule has 0 saturated carbocycles. The van der Waals surface area contributed by atoms with Crippen LogP contribution < -0.4 is 5.32 Å². The van der Waals surface area contributed by atoms with Gasteiger partial charge in [-0.2, -0.15) is 0 Å². The lowest BCUT2D eigenvalue weighted by Crippen LogP contribution is -2.45. The molecule has 0 saturated heterocycles. The van der Waals surface area contributed by atoms with E-state index in [0.29, 0.717) is 17.4 Å². The zero-order chi connectivity index (χ0) is 52.7. The standard InChI is InChI=1S/C63H125N2O6P/c1-6-8-10-12-14-16-18-20-22-23-24-25-26-27-28-29-30-31-32-33-34-35-36-37-38-39-40-41-43-45-47-49-51-53-55-57-63(67)64-61(60-71-72(68,69)70-59-58-65(3,4)5)62(66)56-54-52-50-48-46-44-42-21-19-17-15-13-11-9-7-2/h29-30,54,56,61-62,66H,6-28,31-53,55,57-60H2,1-5H3,(H-,64,67,68,69)/p+1/b30-29-,56-54+. The van der Waals surface area contributed by atoms with Crippen LogP contribution in [0.1, 0.15) is 322 Å². The normalized spacial score (nSPS) is 13.9. The third-order valence-corrected chi connectivity index (χ3v) is 15.6. The van der Waals surface area contributed by atoms with Crippen molar-refractivity contribution in [3.8, 4) is 0 Å². The van der Waals surface area contributed by atoms with Gasteiger partial charge in [0.2, 0.25) is 5.91 Å². The highest BCUT2D eigenvalue weighted by Crippen LogP contribution is 2.43. The summed E-state index contributed by atoms with van der Waals surface area (Å²) in [5.41, 5.74) is 0. The summed E-state index contributed by atoms with van der Waals surface area (Å²) < 4.78 is 23.7. The summed E-state index contributed by atoms with van der Waals surface area (Å²) in [7, 11) is 1.59. The van der Waals surface area contributed by atoms with Gasteiger partial charge in [-0.3, -0.25) is 13.8 Å². The fourth-order valence-electron chi connectivity index (χ4n) is 9.69. The number of hydrogen-bond donors (Lipinski definition) is 3. The number of hydrogen-bond acceptors (Lipinski definition) is 5. The lowest BCUT2D eigenvalue weighted by molar-refractivity contribution is -0.870. The van der Waals surface area contributed by atoms with Gasteiger partial charge in [0.15, 0.2) is 0 Å². The molecule has 72 heavy (non-hydrogen) atoms. The second kappa shape index (κ2) is 54.8. The van der Waals surface area contributed by atoms with Crippen LogP contribution in [0.25, 0.3) is 0 Å². The average molecular weight is 1040 g/mol. The number of quaternary nitrogens is 1. The van der Waals surface area contributed by atoms with E-state index in [9.17, 15) is 19.4 Å². The Morgan fingerprint density at radius 3 is 1.07 bits per heavy atom. The van der Waals surface area contributed by atoms with E-state index in [1.54, 1.807) is 6.08 Å². The maximum atomic E-state index is 13.0. The predicted molar refractivity (Wildman–Crippen MR) is 314 cm³/mol. The van der Waals surface area contributed by atoms with Gasteiger partial charge in [0.05, 0.1) is 39.9 Å². The zero-order valence-corrected chi connectivity index (χ0v) is 49.8. The van der Waals surface area contributed by atoms with Crippen LogP contribution in [-0.4, -0.2) is 73.4 Å². The van der Waals surface area contributed by atoms with Gasteiger partial charge in [-0.05, 0) is 44.9 Å². The van der Waals surface area contributed by atoms with Crippen molar-refractivity contribution in [2.75, 3.05) is 40.9 Å². The highest BCUT2D eigenvalue weighted by Gasteiger charge is 2.28. The summed E-state index contributed by atoms with van der Waals surface area (Å²) >= 11 is 0. The number of phosphoric acid groups is 1. The van der Waals surface area contributed by atoms with E-state index in [0.717, 1.165) is 38.5 Å². The number of carbonyl (C=O) groups excluding carboxylic acids is 1. The van der Waals surface area contributed by atoms with E-state index in [1.165, 1.54) is 263 Å². The minimum absolute atomic E-state index is 0.0639. The van der Waals surface area contributed by atoms with Gasteiger partial charge < -0.3 is 19.8 Å². The van der Waals surface area contributed by atoms with E-state index >= 15 is 0 Å². The summed E-state index contributed by atoms with van der Waals surface area (Å²) in [6, 6.07) is -0.844. The lowest BCUT2D eigenvalue weighted by Gasteiger charge is -2.25. The lowest BCUT2D eigenvalue weighted by atomic mass is 10.0. The molecule has 0 aliphatic heterocycles. The molecule has 0 fully saturated rings. The minimum atomic E-state index is -4.34. The molecule has 1 amide bonds. The first-order valence-electron chi connectivity index (χ1n) is 31.7. The first kappa shape index (κ1) is 71.0. The number of aliphatic hydroxyl groups is 1. The maximum Gasteiger partial charge on any atom is 0.472 e. The van der Waals surface area contributed by atoms with Crippen molar-refractivity contribution in [2.24, 2.45) is 0 Å². The van der Waals surface area contributed by atoms with Crippen LogP contribution in [0.5, 0.6) is 0 Å². The molecule has 0 aromatic heterocycles. The topological polar surface area (TPSA) is 105 Å². The van der Waals surface area contributed by atoms with Crippen molar-refractivity contribution in [2.45, 2.75) is 334 Å². The summed E-state index contributed by atoms with van der Waals surface area (Å²) in [5.74, 6) is -0.171. The van der Waals surface area contributed by atoms with Gasteiger partial charge in [0, 0.05) is 6.42 Å². The van der Waals surface area contributed by atoms with Gasteiger partial charge in [0.25, 0.3) is 0 Å². The number of rotatable bonds is 59. The number of phosphoric ester groups is 1. The number of amides is 1. The van der Waals surface area contributed by atoms with Crippen molar-refractivity contribution >= 4 is 13.7 Å². The Morgan fingerprint density at radius 2 is 0.750 bits per heavy atom. The van der Waals surface area contributed by atoms with Crippen LogP contribution in [-0.2, 0) is 18.4 Å². The third-order valence-electron chi connectivity index (χ3n) is 14.7. The molecule has 9 heteroatoms. The average Bonchev–Trinajstić information content (AvgIpc) is 3.34. The number of allylic oxidation sites excluding steroid dienone is 3. The van der Waals surface area contributed by atoms with E-state index in [1.807, 2.05) is 27.2 Å². The molecular formula is C63H126N2O6P+. The molecule has 0 spiro atoms. The van der Waals surface area contributed by atoms with Crippen LogP contribution in [0.2, 0.25) is 0 Å². The van der Waals surface area contributed by atoms with Gasteiger partial charge in [-0.15, -0.1) is 0 Å². The van der Waals surface area contributed by atoms with E-state index in [2.05, 4.69) is 31.3 Å². The third kappa shape index (κ3) is 56.7. The number of unbranched alkanes of at least 4 members (excludes halogenated alkanes) is 44. The fraction of sp³-hybridized carbons (Fsp3) is 0.921. The molecule has 3 atom stereocenters. The van der Waals surface area contributed by atoms with Crippen LogP contribution in [0.4, 0.5) is 0 Å². The Kier molecular flexibility index (Phi) is 54.0. The molecule has 0 rings (SSSR count). The van der Waals surface area contributed by atoms with Crippen molar-refractivity contribution in [3.05, 3.63) is 24.3 Å². The number of nitrogens with zero attached hydrogens (tertiary/aromatic N) is 1. The monoisotopic (exact) mass is 1040 g/mol. The van der Waals surface area contributed by atoms with Gasteiger partial charge >= 0.3 is 7.82 Å². The van der Waals surface area contributed by atoms with Crippen LogP contribution >= 0.6 is 7.82 Å². The highest BCUT2D eigenvalue weighted by atomic mass is 31.2. The summed E-state index contributed by atoms with van der Waals surface area (Å²) in [6.07, 6.45) is 70.3. The molecule has 0 radical (unpaired) electrons. The maximum absolute atomic E-state index is 13.0. The Morgan fingerprint density at radius 1 is 0.458 bits per heavy atom. The molecule has 0 aliphatic rings. The molecule has 428 valence electrons. The second-order valence-electron chi connectivity index (χ2n) is 23.1. The first-order chi connectivity index (χ1) is 35.0. The molecular weight excluding hydrogens is 912 g/mol. The highest BCUT2D eigenvalue weighted by molar-refractivity contribution is 7.47. The summed E-state index contributed by atoms with van der Waals surface area (Å²) in [5, 5.41) is 13.9.